The lowest BCUT2D eigenvalue weighted by molar-refractivity contribution is -0.122. The van der Waals surface area contributed by atoms with E-state index < -0.39 is 0 Å². The van der Waals surface area contributed by atoms with Gasteiger partial charge in [0.1, 0.15) is 6.54 Å². The van der Waals surface area contributed by atoms with Crippen molar-refractivity contribution in [3.05, 3.63) is 76.6 Å². The molecular formula is C22H22N6O3. The first-order chi connectivity index (χ1) is 15.0. The number of aromatic nitrogens is 4. The zero-order valence-electron chi connectivity index (χ0n) is 17.1. The van der Waals surface area contributed by atoms with Crippen molar-refractivity contribution in [3.63, 3.8) is 0 Å². The summed E-state index contributed by atoms with van der Waals surface area (Å²) >= 11 is 0. The fourth-order valence-electron chi connectivity index (χ4n) is 3.51. The molecule has 9 heteroatoms. The number of hydrogen-bond acceptors (Lipinski definition) is 6. The monoisotopic (exact) mass is 418 g/mol. The van der Waals surface area contributed by atoms with Crippen molar-refractivity contribution in [2.45, 2.75) is 26.3 Å². The second-order valence-electron chi connectivity index (χ2n) is 7.32. The van der Waals surface area contributed by atoms with Gasteiger partial charge in [-0.15, -0.1) is 10.2 Å². The zero-order valence-corrected chi connectivity index (χ0v) is 17.1. The molecule has 0 unspecified atom stereocenters. The molecule has 0 fully saturated rings. The highest BCUT2D eigenvalue weighted by Crippen LogP contribution is 2.22. The zero-order chi connectivity index (χ0) is 21.8. The van der Waals surface area contributed by atoms with Crippen molar-refractivity contribution >= 4 is 17.7 Å². The number of amides is 3. The second-order valence-corrected chi connectivity index (χ2v) is 7.32. The van der Waals surface area contributed by atoms with E-state index in [4.69, 9.17) is 0 Å². The van der Waals surface area contributed by atoms with Gasteiger partial charge in [0.15, 0.2) is 5.82 Å². The molecule has 0 bridgehead atoms. The number of nitrogens with one attached hydrogen (secondary N) is 1. The van der Waals surface area contributed by atoms with Crippen LogP contribution in [0.4, 0.5) is 0 Å². The third kappa shape index (κ3) is 4.50. The highest BCUT2D eigenvalue weighted by atomic mass is 16.2. The van der Waals surface area contributed by atoms with Crippen molar-refractivity contribution in [2.24, 2.45) is 0 Å². The Morgan fingerprint density at radius 1 is 0.968 bits per heavy atom. The summed E-state index contributed by atoms with van der Waals surface area (Å²) < 4.78 is 0. The predicted molar refractivity (Wildman–Crippen MR) is 111 cm³/mol. The van der Waals surface area contributed by atoms with E-state index in [1.54, 1.807) is 24.3 Å². The molecule has 1 aliphatic rings. The van der Waals surface area contributed by atoms with Crippen molar-refractivity contribution in [3.8, 4) is 0 Å². The second kappa shape index (κ2) is 8.86. The van der Waals surface area contributed by atoms with Crippen LogP contribution in [-0.4, -0.2) is 55.9 Å². The van der Waals surface area contributed by atoms with Gasteiger partial charge in [0.05, 0.1) is 11.1 Å². The number of nitrogens with zero attached hydrogens (tertiary/aromatic N) is 5. The first-order valence-electron chi connectivity index (χ1n) is 10.1. The average molecular weight is 418 g/mol. The molecule has 0 radical (unpaired) electrons. The van der Waals surface area contributed by atoms with E-state index in [0.717, 1.165) is 6.42 Å². The van der Waals surface area contributed by atoms with Crippen molar-refractivity contribution < 1.29 is 14.4 Å². The van der Waals surface area contributed by atoms with Crippen LogP contribution in [0.3, 0.4) is 0 Å². The van der Waals surface area contributed by atoms with E-state index in [1.165, 1.54) is 20.8 Å². The maximum atomic E-state index is 12.4. The Balaban J connectivity index is 1.25. The van der Waals surface area contributed by atoms with Crippen molar-refractivity contribution in [1.29, 1.82) is 0 Å². The van der Waals surface area contributed by atoms with Crippen LogP contribution in [0.5, 0.6) is 0 Å². The molecule has 0 atom stereocenters. The van der Waals surface area contributed by atoms with Gasteiger partial charge in [0.25, 0.3) is 11.8 Å². The van der Waals surface area contributed by atoms with Crippen LogP contribution in [-0.2, 0) is 24.2 Å². The van der Waals surface area contributed by atoms with Crippen LogP contribution in [0.2, 0.25) is 0 Å². The lowest BCUT2D eigenvalue weighted by Gasteiger charge is -2.11. The molecule has 158 valence electrons. The van der Waals surface area contributed by atoms with Gasteiger partial charge in [-0.2, -0.15) is 4.80 Å². The van der Waals surface area contributed by atoms with Crippen LogP contribution >= 0.6 is 0 Å². The highest BCUT2D eigenvalue weighted by Gasteiger charge is 2.34. The summed E-state index contributed by atoms with van der Waals surface area (Å²) in [6.07, 6.45) is 1.01. The number of rotatable bonds is 8. The normalized spacial score (nSPS) is 12.9. The summed E-state index contributed by atoms with van der Waals surface area (Å²) in [5.41, 5.74) is 3.20. The summed E-state index contributed by atoms with van der Waals surface area (Å²) in [5.74, 6) is -0.482. The number of hydrogen-bond donors (Lipinski definition) is 1. The van der Waals surface area contributed by atoms with Crippen LogP contribution in [0.15, 0.2) is 48.5 Å². The maximum absolute atomic E-state index is 12.4. The quantitative estimate of drug-likeness (QED) is 0.550. The standard InChI is InChI=1S/C22H22N6O3/c1-15-6-2-3-7-16(15)10-12-23-20(29)14-28-25-19(24-26-28)11-13-27-21(30)17-8-4-5-9-18(17)22(27)31/h2-9H,10-14H2,1H3,(H,23,29). The topological polar surface area (TPSA) is 110 Å². The third-order valence-electron chi connectivity index (χ3n) is 5.19. The number of benzene rings is 2. The number of imide groups is 1. The molecule has 0 aliphatic carbocycles. The minimum Gasteiger partial charge on any atom is -0.354 e. The van der Waals surface area contributed by atoms with E-state index in [1.807, 2.05) is 31.2 Å². The van der Waals surface area contributed by atoms with Gasteiger partial charge < -0.3 is 5.32 Å². The fourth-order valence-corrected chi connectivity index (χ4v) is 3.51. The molecule has 31 heavy (non-hydrogen) atoms. The molecule has 1 aromatic heterocycles. The Bertz CT molecular complexity index is 1100. The van der Waals surface area contributed by atoms with E-state index in [-0.39, 0.29) is 37.2 Å². The van der Waals surface area contributed by atoms with Gasteiger partial charge in [0, 0.05) is 19.5 Å². The Morgan fingerprint density at radius 3 is 2.35 bits per heavy atom. The van der Waals surface area contributed by atoms with Gasteiger partial charge in [-0.3, -0.25) is 19.3 Å². The first kappa shape index (κ1) is 20.4. The Labute approximate surface area is 179 Å². The summed E-state index contributed by atoms with van der Waals surface area (Å²) in [6, 6.07) is 14.8. The number of fused-ring (bicyclic) bond motifs is 1. The highest BCUT2D eigenvalue weighted by molar-refractivity contribution is 6.21. The summed E-state index contributed by atoms with van der Waals surface area (Å²) in [4.78, 5) is 39.3. The molecule has 1 aliphatic heterocycles. The van der Waals surface area contributed by atoms with E-state index in [2.05, 4.69) is 20.7 Å². The molecule has 3 amide bonds. The molecule has 1 N–H and O–H groups in total. The van der Waals surface area contributed by atoms with Gasteiger partial charge in [-0.25, -0.2) is 0 Å². The smallest absolute Gasteiger partial charge is 0.261 e. The van der Waals surface area contributed by atoms with Crippen LogP contribution in [0.25, 0.3) is 0 Å². The molecule has 9 nitrogen and oxygen atoms in total. The summed E-state index contributed by atoms with van der Waals surface area (Å²) in [7, 11) is 0. The number of tetrazole rings is 1. The van der Waals surface area contributed by atoms with Gasteiger partial charge in [0.2, 0.25) is 5.91 Å². The van der Waals surface area contributed by atoms with Gasteiger partial charge in [-0.1, -0.05) is 36.4 Å². The number of carbonyl (C=O) groups excluding carboxylic acids is 3. The predicted octanol–water partition coefficient (Wildman–Crippen LogP) is 1.18. The third-order valence-corrected chi connectivity index (χ3v) is 5.19. The average Bonchev–Trinajstić information content (AvgIpc) is 3.31. The van der Waals surface area contributed by atoms with Gasteiger partial charge >= 0.3 is 0 Å². The van der Waals surface area contributed by atoms with Crippen molar-refractivity contribution in [1.82, 2.24) is 30.4 Å². The first-order valence-corrected chi connectivity index (χ1v) is 10.1. The number of carbonyl (C=O) groups is 3. The lowest BCUT2D eigenvalue weighted by atomic mass is 10.1. The molecule has 0 saturated heterocycles. The van der Waals surface area contributed by atoms with Crippen LogP contribution in [0, 0.1) is 6.92 Å². The molecule has 4 rings (SSSR count). The van der Waals surface area contributed by atoms with E-state index in [0.29, 0.717) is 23.5 Å². The summed E-state index contributed by atoms with van der Waals surface area (Å²) in [5, 5.41) is 14.8. The number of aryl methyl sites for hydroxylation is 1. The largest absolute Gasteiger partial charge is 0.354 e. The lowest BCUT2D eigenvalue weighted by Crippen LogP contribution is -2.32. The van der Waals surface area contributed by atoms with Crippen molar-refractivity contribution in [2.75, 3.05) is 13.1 Å². The van der Waals surface area contributed by atoms with Crippen LogP contribution in [0.1, 0.15) is 37.7 Å². The minimum absolute atomic E-state index is 0.0478. The molecule has 3 aromatic rings. The molecule has 2 heterocycles. The Morgan fingerprint density at radius 2 is 1.65 bits per heavy atom. The molecular weight excluding hydrogens is 396 g/mol. The van der Waals surface area contributed by atoms with E-state index >= 15 is 0 Å². The molecule has 0 spiro atoms. The SMILES string of the molecule is Cc1ccccc1CCNC(=O)Cn1nnc(CCN2C(=O)c3ccccc3C2=O)n1. The fraction of sp³-hybridized carbons (Fsp3) is 0.273. The Hall–Kier alpha value is -3.88. The van der Waals surface area contributed by atoms with Crippen LogP contribution < -0.4 is 5.32 Å². The minimum atomic E-state index is -0.318. The maximum Gasteiger partial charge on any atom is 0.261 e. The summed E-state index contributed by atoms with van der Waals surface area (Å²) in [6.45, 7) is 2.67. The molecule has 2 aromatic carbocycles. The van der Waals surface area contributed by atoms with Gasteiger partial charge in [-0.05, 0) is 41.8 Å². The molecule has 0 saturated carbocycles. The van der Waals surface area contributed by atoms with E-state index in [9.17, 15) is 14.4 Å². The Kier molecular flexibility index (Phi) is 5.83.